The molecule has 3 nitrogen and oxygen atoms in total. The lowest BCUT2D eigenvalue weighted by Gasteiger charge is -2.05. The number of rotatable bonds is 3. The molecule has 0 radical (unpaired) electrons. The summed E-state index contributed by atoms with van der Waals surface area (Å²) in [6, 6.07) is 11.4. The molecule has 2 rings (SSSR count). The van der Waals surface area contributed by atoms with Gasteiger partial charge in [0.15, 0.2) is 0 Å². The summed E-state index contributed by atoms with van der Waals surface area (Å²) in [6.07, 6.45) is 1.86. The number of nitriles is 1. The van der Waals surface area contributed by atoms with Gasteiger partial charge in [0.1, 0.15) is 10.4 Å². The van der Waals surface area contributed by atoms with Gasteiger partial charge in [-0.1, -0.05) is 19.1 Å². The predicted molar refractivity (Wildman–Crippen MR) is 73.9 cm³/mol. The van der Waals surface area contributed by atoms with E-state index in [0.717, 1.165) is 34.5 Å². The minimum absolute atomic E-state index is 0.638. The zero-order valence-corrected chi connectivity index (χ0v) is 11.6. The van der Waals surface area contributed by atoms with Gasteiger partial charge in [-0.3, -0.25) is 0 Å². The quantitative estimate of drug-likeness (QED) is 0.812. The second-order valence-corrected chi connectivity index (χ2v) is 4.75. The van der Waals surface area contributed by atoms with Crippen LogP contribution < -0.4 is 0 Å². The third-order valence-electron chi connectivity index (χ3n) is 2.50. The van der Waals surface area contributed by atoms with Crippen LogP contribution in [0.3, 0.4) is 0 Å². The van der Waals surface area contributed by atoms with Crippen LogP contribution in [0.25, 0.3) is 11.3 Å². The van der Waals surface area contributed by atoms with Crippen LogP contribution in [0, 0.1) is 11.3 Å². The van der Waals surface area contributed by atoms with Gasteiger partial charge in [-0.05, 0) is 40.5 Å². The Balaban J connectivity index is 2.46. The van der Waals surface area contributed by atoms with Gasteiger partial charge in [0.2, 0.25) is 0 Å². The summed E-state index contributed by atoms with van der Waals surface area (Å²) >= 11 is 3.40. The monoisotopic (exact) mass is 301 g/mol. The SMILES string of the molecule is CCCc1nc(Br)cc(-c2cccc(C#N)c2)n1. The predicted octanol–water partition coefficient (Wildman–Crippen LogP) is 3.73. The molecule has 0 N–H and O–H groups in total. The Morgan fingerprint density at radius 3 is 2.83 bits per heavy atom. The lowest BCUT2D eigenvalue weighted by molar-refractivity contribution is 0.831. The van der Waals surface area contributed by atoms with Crippen LogP contribution in [0.2, 0.25) is 0 Å². The van der Waals surface area contributed by atoms with Gasteiger partial charge in [-0.15, -0.1) is 0 Å². The van der Waals surface area contributed by atoms with E-state index in [4.69, 9.17) is 5.26 Å². The molecule has 0 bridgehead atoms. The Morgan fingerprint density at radius 1 is 1.28 bits per heavy atom. The van der Waals surface area contributed by atoms with Crippen molar-refractivity contribution >= 4 is 15.9 Å². The van der Waals surface area contributed by atoms with Crippen molar-refractivity contribution in [3.05, 3.63) is 46.3 Å². The van der Waals surface area contributed by atoms with E-state index in [0.29, 0.717) is 5.56 Å². The normalized spacial score (nSPS) is 10.1. The molecule has 4 heteroatoms. The number of nitrogens with zero attached hydrogens (tertiary/aromatic N) is 3. The average Bonchev–Trinajstić information content (AvgIpc) is 2.38. The number of benzene rings is 1. The van der Waals surface area contributed by atoms with Gasteiger partial charge in [0.25, 0.3) is 0 Å². The maximum absolute atomic E-state index is 8.91. The van der Waals surface area contributed by atoms with Crippen molar-refractivity contribution in [3.8, 4) is 17.3 Å². The number of halogens is 1. The Labute approximate surface area is 115 Å². The number of hydrogen-bond donors (Lipinski definition) is 0. The topological polar surface area (TPSA) is 49.6 Å². The van der Waals surface area contributed by atoms with Gasteiger partial charge >= 0.3 is 0 Å². The maximum atomic E-state index is 8.91. The van der Waals surface area contributed by atoms with E-state index < -0.39 is 0 Å². The largest absolute Gasteiger partial charge is 0.233 e. The molecule has 0 amide bonds. The van der Waals surface area contributed by atoms with Gasteiger partial charge in [-0.2, -0.15) is 5.26 Å². The summed E-state index contributed by atoms with van der Waals surface area (Å²) in [5.41, 5.74) is 2.42. The van der Waals surface area contributed by atoms with Crippen LogP contribution >= 0.6 is 15.9 Å². The number of aryl methyl sites for hydroxylation is 1. The summed E-state index contributed by atoms with van der Waals surface area (Å²) in [6.45, 7) is 2.10. The second-order valence-electron chi connectivity index (χ2n) is 3.93. The summed E-state index contributed by atoms with van der Waals surface area (Å²) in [4.78, 5) is 8.85. The lowest BCUT2D eigenvalue weighted by Crippen LogP contribution is -1.97. The van der Waals surface area contributed by atoms with Crippen LogP contribution in [0.4, 0.5) is 0 Å². The van der Waals surface area contributed by atoms with E-state index >= 15 is 0 Å². The van der Waals surface area contributed by atoms with Crippen molar-refractivity contribution in [1.29, 1.82) is 5.26 Å². The molecule has 0 saturated carbocycles. The molecule has 0 spiro atoms. The van der Waals surface area contributed by atoms with Crippen molar-refractivity contribution in [2.75, 3.05) is 0 Å². The van der Waals surface area contributed by atoms with Gasteiger partial charge in [0, 0.05) is 12.0 Å². The summed E-state index contributed by atoms with van der Waals surface area (Å²) in [7, 11) is 0. The third kappa shape index (κ3) is 2.93. The van der Waals surface area contributed by atoms with Crippen molar-refractivity contribution in [2.24, 2.45) is 0 Å². The Hall–Kier alpha value is -1.73. The van der Waals surface area contributed by atoms with Gasteiger partial charge in [-0.25, -0.2) is 9.97 Å². The molecule has 1 heterocycles. The highest BCUT2D eigenvalue weighted by Gasteiger charge is 2.05. The Bertz CT molecular complexity index is 602. The molecule has 1 aromatic heterocycles. The van der Waals surface area contributed by atoms with E-state index in [1.807, 2.05) is 24.3 Å². The molecule has 0 aliphatic carbocycles. The zero-order chi connectivity index (χ0) is 13.0. The van der Waals surface area contributed by atoms with Gasteiger partial charge in [0.05, 0.1) is 17.3 Å². The van der Waals surface area contributed by atoms with Crippen molar-refractivity contribution in [2.45, 2.75) is 19.8 Å². The third-order valence-corrected chi connectivity index (χ3v) is 2.91. The van der Waals surface area contributed by atoms with E-state index in [1.54, 1.807) is 6.07 Å². The molecule has 1 aromatic carbocycles. The molecule has 0 atom stereocenters. The standard InChI is InChI=1S/C14H12BrN3/c1-2-4-14-17-12(8-13(15)18-14)11-6-3-5-10(7-11)9-16/h3,5-8H,2,4H2,1H3. The van der Waals surface area contributed by atoms with Crippen molar-refractivity contribution in [3.63, 3.8) is 0 Å². The summed E-state index contributed by atoms with van der Waals surface area (Å²) in [5.74, 6) is 0.823. The Morgan fingerprint density at radius 2 is 2.11 bits per heavy atom. The fourth-order valence-electron chi connectivity index (χ4n) is 1.70. The first kappa shape index (κ1) is 12.7. The van der Waals surface area contributed by atoms with E-state index in [-0.39, 0.29) is 0 Å². The molecule has 18 heavy (non-hydrogen) atoms. The van der Waals surface area contributed by atoms with Crippen LogP contribution in [-0.4, -0.2) is 9.97 Å². The van der Waals surface area contributed by atoms with Crippen molar-refractivity contribution in [1.82, 2.24) is 9.97 Å². The summed E-state index contributed by atoms with van der Waals surface area (Å²) < 4.78 is 0.776. The van der Waals surface area contributed by atoms with Crippen LogP contribution in [0.5, 0.6) is 0 Å². The molecule has 2 aromatic rings. The van der Waals surface area contributed by atoms with Crippen LogP contribution in [0.15, 0.2) is 34.9 Å². The molecule has 0 unspecified atom stereocenters. The zero-order valence-electron chi connectivity index (χ0n) is 10.0. The number of aromatic nitrogens is 2. The van der Waals surface area contributed by atoms with Gasteiger partial charge < -0.3 is 0 Å². The molecule has 0 saturated heterocycles. The Kier molecular flexibility index (Phi) is 4.06. The highest BCUT2D eigenvalue weighted by molar-refractivity contribution is 9.10. The highest BCUT2D eigenvalue weighted by Crippen LogP contribution is 2.21. The van der Waals surface area contributed by atoms with Crippen molar-refractivity contribution < 1.29 is 0 Å². The van der Waals surface area contributed by atoms with Crippen LogP contribution in [-0.2, 0) is 6.42 Å². The fourth-order valence-corrected chi connectivity index (χ4v) is 2.12. The molecule has 0 fully saturated rings. The van der Waals surface area contributed by atoms with E-state index in [2.05, 4.69) is 38.9 Å². The first-order chi connectivity index (χ1) is 8.72. The maximum Gasteiger partial charge on any atom is 0.130 e. The molecular formula is C14H12BrN3. The first-order valence-corrected chi connectivity index (χ1v) is 6.56. The van der Waals surface area contributed by atoms with Crippen LogP contribution in [0.1, 0.15) is 24.7 Å². The summed E-state index contributed by atoms with van der Waals surface area (Å²) in [5, 5.41) is 8.91. The minimum atomic E-state index is 0.638. The average molecular weight is 302 g/mol. The molecular weight excluding hydrogens is 290 g/mol. The smallest absolute Gasteiger partial charge is 0.130 e. The molecule has 90 valence electrons. The minimum Gasteiger partial charge on any atom is -0.233 e. The highest BCUT2D eigenvalue weighted by atomic mass is 79.9. The fraction of sp³-hybridized carbons (Fsp3) is 0.214. The van der Waals surface area contributed by atoms with E-state index in [1.165, 1.54) is 0 Å². The second kappa shape index (κ2) is 5.74. The molecule has 0 aliphatic heterocycles. The number of hydrogen-bond acceptors (Lipinski definition) is 3. The molecule has 0 aliphatic rings. The lowest BCUT2D eigenvalue weighted by atomic mass is 10.1. The van der Waals surface area contributed by atoms with E-state index in [9.17, 15) is 0 Å². The first-order valence-electron chi connectivity index (χ1n) is 5.77.